The van der Waals surface area contributed by atoms with E-state index in [4.69, 9.17) is 18.9 Å². The number of thiol groups is 1. The molecule has 3 atom stereocenters. The van der Waals surface area contributed by atoms with Gasteiger partial charge in [0.05, 0.1) is 26.9 Å². The Kier molecular flexibility index (Phi) is 8.64. The number of aliphatic carboxylic acids is 2. The lowest BCUT2D eigenvalue weighted by atomic mass is 9.90. The molecule has 1 rings (SSSR count). The predicted molar refractivity (Wildman–Crippen MR) is 110 cm³/mol. The standard InChI is InChI=1S/C19H27NO9S/c1-19(2,3)29-18(25)20-14(17(23)24)13(16(21)22)15(30)12-10(27-5)7-9(26-4)8-11(12)28-6/h7-8,13-15,30H,1-6H3,(H,20,25)(H,21,22)(H,23,24)/t13?,14-,15?/m0/s1. The van der Waals surface area contributed by atoms with Crippen LogP contribution in [-0.2, 0) is 14.3 Å². The fourth-order valence-electron chi connectivity index (χ4n) is 2.70. The summed E-state index contributed by atoms with van der Waals surface area (Å²) in [6.45, 7) is 4.77. The molecular weight excluding hydrogens is 418 g/mol. The van der Waals surface area contributed by atoms with Gasteiger partial charge in [-0.25, -0.2) is 9.59 Å². The Bertz CT molecular complexity index is 766. The first-order chi connectivity index (χ1) is 13.9. The number of carbonyl (C=O) groups is 3. The summed E-state index contributed by atoms with van der Waals surface area (Å²) < 4.78 is 20.8. The summed E-state index contributed by atoms with van der Waals surface area (Å²) in [5.74, 6) is -4.04. The summed E-state index contributed by atoms with van der Waals surface area (Å²) in [5.41, 5.74) is -0.719. The van der Waals surface area contributed by atoms with E-state index in [1.54, 1.807) is 20.8 Å². The van der Waals surface area contributed by atoms with Crippen LogP contribution in [0.3, 0.4) is 0 Å². The summed E-state index contributed by atoms with van der Waals surface area (Å²) in [7, 11) is 4.13. The number of carboxylic acids is 2. The van der Waals surface area contributed by atoms with Crippen LogP contribution in [-0.4, -0.2) is 61.2 Å². The number of hydrogen-bond donors (Lipinski definition) is 4. The normalized spacial score (nSPS) is 14.1. The van der Waals surface area contributed by atoms with Crippen molar-refractivity contribution in [2.24, 2.45) is 5.92 Å². The van der Waals surface area contributed by atoms with Gasteiger partial charge in [0.1, 0.15) is 34.8 Å². The molecule has 0 aliphatic carbocycles. The fraction of sp³-hybridized carbons (Fsp3) is 0.526. The number of hydrogen-bond acceptors (Lipinski definition) is 8. The minimum absolute atomic E-state index is 0.179. The number of benzene rings is 1. The van der Waals surface area contributed by atoms with Crippen molar-refractivity contribution in [2.75, 3.05) is 21.3 Å². The highest BCUT2D eigenvalue weighted by Crippen LogP contribution is 2.44. The van der Waals surface area contributed by atoms with Gasteiger partial charge in [-0.15, -0.1) is 0 Å². The smallest absolute Gasteiger partial charge is 0.408 e. The molecule has 0 spiro atoms. The molecule has 0 saturated carbocycles. The van der Waals surface area contributed by atoms with Crippen LogP contribution in [0.25, 0.3) is 0 Å². The van der Waals surface area contributed by atoms with Gasteiger partial charge in [0.2, 0.25) is 0 Å². The van der Waals surface area contributed by atoms with Gasteiger partial charge in [0.15, 0.2) is 0 Å². The maximum absolute atomic E-state index is 12.1. The summed E-state index contributed by atoms with van der Waals surface area (Å²) in [6.07, 6.45) is -1.07. The van der Waals surface area contributed by atoms with Gasteiger partial charge in [0.25, 0.3) is 0 Å². The topological polar surface area (TPSA) is 141 Å². The average Bonchev–Trinajstić information content (AvgIpc) is 2.64. The second-order valence-electron chi connectivity index (χ2n) is 7.22. The molecule has 1 amide bonds. The molecule has 0 aliphatic heterocycles. The lowest BCUT2D eigenvalue weighted by Gasteiger charge is -2.29. The zero-order valence-electron chi connectivity index (χ0n) is 17.6. The van der Waals surface area contributed by atoms with Gasteiger partial charge >= 0.3 is 18.0 Å². The van der Waals surface area contributed by atoms with Gasteiger partial charge in [-0.2, -0.15) is 12.6 Å². The monoisotopic (exact) mass is 445 g/mol. The predicted octanol–water partition coefficient (Wildman–Crippen LogP) is 2.36. The molecule has 0 radical (unpaired) electrons. The summed E-state index contributed by atoms with van der Waals surface area (Å²) >= 11 is 4.37. The first-order valence-corrected chi connectivity index (χ1v) is 9.31. The van der Waals surface area contributed by atoms with Gasteiger partial charge in [-0.05, 0) is 20.8 Å². The Morgan fingerprint density at radius 2 is 1.47 bits per heavy atom. The number of carbonyl (C=O) groups excluding carboxylic acids is 1. The van der Waals surface area contributed by atoms with E-state index in [1.807, 2.05) is 0 Å². The van der Waals surface area contributed by atoms with E-state index in [2.05, 4.69) is 17.9 Å². The van der Waals surface area contributed by atoms with E-state index in [1.165, 1.54) is 33.5 Å². The molecular formula is C19H27NO9S. The summed E-state index contributed by atoms with van der Waals surface area (Å²) in [5, 5.41) is 20.3. The fourth-order valence-corrected chi connectivity index (χ4v) is 3.26. The number of ether oxygens (including phenoxy) is 4. The number of carboxylic acid groups (broad SMARTS) is 2. The molecule has 2 unspecified atom stereocenters. The number of methoxy groups -OCH3 is 3. The van der Waals surface area contributed by atoms with Gasteiger partial charge < -0.3 is 34.5 Å². The molecule has 0 heterocycles. The first-order valence-electron chi connectivity index (χ1n) is 8.79. The Hall–Kier alpha value is -2.82. The van der Waals surface area contributed by atoms with Crippen LogP contribution in [0, 0.1) is 5.92 Å². The molecule has 10 nitrogen and oxygen atoms in total. The van der Waals surface area contributed by atoms with E-state index in [0.29, 0.717) is 5.75 Å². The van der Waals surface area contributed by atoms with Crippen LogP contribution >= 0.6 is 12.6 Å². The molecule has 3 N–H and O–H groups in total. The van der Waals surface area contributed by atoms with Crippen molar-refractivity contribution in [1.82, 2.24) is 5.32 Å². The zero-order chi connectivity index (χ0) is 23.2. The molecule has 30 heavy (non-hydrogen) atoms. The van der Waals surface area contributed by atoms with Crippen LogP contribution < -0.4 is 19.5 Å². The van der Waals surface area contributed by atoms with Crippen molar-refractivity contribution in [1.29, 1.82) is 0 Å². The van der Waals surface area contributed by atoms with E-state index in [0.717, 1.165) is 0 Å². The van der Waals surface area contributed by atoms with Crippen LogP contribution in [0.2, 0.25) is 0 Å². The van der Waals surface area contributed by atoms with Crippen molar-refractivity contribution in [3.8, 4) is 17.2 Å². The number of nitrogens with one attached hydrogen (secondary N) is 1. The third kappa shape index (κ3) is 6.34. The van der Waals surface area contributed by atoms with E-state index in [-0.39, 0.29) is 17.1 Å². The second-order valence-corrected chi connectivity index (χ2v) is 7.77. The van der Waals surface area contributed by atoms with Gasteiger partial charge in [-0.1, -0.05) is 0 Å². The van der Waals surface area contributed by atoms with E-state index < -0.39 is 40.8 Å². The molecule has 0 fully saturated rings. The second kappa shape index (κ2) is 10.3. The summed E-state index contributed by atoms with van der Waals surface area (Å²) in [6, 6.07) is 1.12. The van der Waals surface area contributed by atoms with Gasteiger partial charge in [0, 0.05) is 17.4 Å². The quantitative estimate of drug-likeness (QED) is 0.422. The average molecular weight is 445 g/mol. The minimum atomic E-state index is -1.85. The molecule has 168 valence electrons. The zero-order valence-corrected chi connectivity index (χ0v) is 18.5. The van der Waals surface area contributed by atoms with E-state index >= 15 is 0 Å². The molecule has 0 aliphatic rings. The van der Waals surface area contributed by atoms with Crippen molar-refractivity contribution < 1.29 is 43.5 Å². The summed E-state index contributed by atoms with van der Waals surface area (Å²) in [4.78, 5) is 36.0. The third-order valence-corrected chi connectivity index (χ3v) is 4.55. The molecule has 1 aromatic rings. The lowest BCUT2D eigenvalue weighted by Crippen LogP contribution is -2.51. The van der Waals surface area contributed by atoms with Crippen LogP contribution in [0.1, 0.15) is 31.6 Å². The Labute approximate surface area is 179 Å². The molecule has 1 aromatic carbocycles. The highest BCUT2D eigenvalue weighted by molar-refractivity contribution is 7.80. The maximum Gasteiger partial charge on any atom is 0.408 e. The van der Waals surface area contributed by atoms with E-state index in [9.17, 15) is 24.6 Å². The Morgan fingerprint density at radius 3 is 1.80 bits per heavy atom. The first kappa shape index (κ1) is 25.2. The molecule has 0 bridgehead atoms. The van der Waals surface area contributed by atoms with Crippen LogP contribution in [0.4, 0.5) is 4.79 Å². The van der Waals surface area contributed by atoms with Crippen LogP contribution in [0.5, 0.6) is 17.2 Å². The lowest BCUT2D eigenvalue weighted by molar-refractivity contribution is -0.150. The minimum Gasteiger partial charge on any atom is -0.496 e. The highest BCUT2D eigenvalue weighted by Gasteiger charge is 2.43. The van der Waals surface area contributed by atoms with Crippen molar-refractivity contribution in [3.05, 3.63) is 17.7 Å². The van der Waals surface area contributed by atoms with Crippen molar-refractivity contribution >= 4 is 30.7 Å². The Balaban J connectivity index is 3.45. The Morgan fingerprint density at radius 1 is 0.967 bits per heavy atom. The molecule has 0 saturated heterocycles. The highest BCUT2D eigenvalue weighted by atomic mass is 32.1. The van der Waals surface area contributed by atoms with Crippen LogP contribution in [0.15, 0.2) is 12.1 Å². The number of amides is 1. The largest absolute Gasteiger partial charge is 0.496 e. The van der Waals surface area contributed by atoms with Crippen molar-refractivity contribution in [3.63, 3.8) is 0 Å². The van der Waals surface area contributed by atoms with Crippen molar-refractivity contribution in [2.45, 2.75) is 37.7 Å². The maximum atomic E-state index is 12.1. The number of rotatable bonds is 9. The molecule has 11 heteroatoms. The SMILES string of the molecule is COc1cc(OC)c(C(S)C(C(=O)O)[C@H](NC(=O)OC(C)(C)C)C(=O)O)c(OC)c1. The van der Waals surface area contributed by atoms with Gasteiger partial charge in [-0.3, -0.25) is 4.79 Å². The number of alkyl carbamates (subject to hydrolysis) is 1. The third-order valence-electron chi connectivity index (χ3n) is 3.97. The molecule has 0 aromatic heterocycles.